The number of ether oxygens (including phenoxy) is 16. The van der Waals surface area contributed by atoms with Crippen molar-refractivity contribution in [2.24, 2.45) is 22.7 Å². The van der Waals surface area contributed by atoms with E-state index in [9.17, 15) is 29.4 Å². The summed E-state index contributed by atoms with van der Waals surface area (Å²) < 4.78 is 124. The van der Waals surface area contributed by atoms with Crippen LogP contribution in [0.15, 0.2) is 72.3 Å². The lowest BCUT2D eigenvalue weighted by Crippen LogP contribution is -2.70. The van der Waals surface area contributed by atoms with E-state index in [4.69, 9.17) is 75.8 Å². The Morgan fingerprint density at radius 1 is 0.630 bits per heavy atom. The van der Waals surface area contributed by atoms with Crippen molar-refractivity contribution in [1.82, 2.24) is 5.32 Å². The van der Waals surface area contributed by atoms with Crippen LogP contribution in [0.4, 0.5) is 13.6 Å². The molecule has 516 valence electrons. The fourth-order valence-electron chi connectivity index (χ4n) is 12.8. The summed E-state index contributed by atoms with van der Waals surface area (Å²) in [4.78, 5) is 50.5. The largest absolute Gasteiger partial charge is 0.457 e. The van der Waals surface area contributed by atoms with Crippen LogP contribution in [-0.2, 0) is 91.9 Å². The van der Waals surface area contributed by atoms with Crippen LogP contribution in [0.5, 0.6) is 11.5 Å². The van der Waals surface area contributed by atoms with Crippen molar-refractivity contribution in [2.45, 2.75) is 108 Å². The minimum atomic E-state index is -2.34. The first-order valence-electron chi connectivity index (χ1n) is 32.1. The zero-order valence-corrected chi connectivity index (χ0v) is 54.1. The van der Waals surface area contributed by atoms with Crippen molar-refractivity contribution in [3.05, 3.63) is 83.5 Å². The Morgan fingerprint density at radius 3 is 1.53 bits per heavy atom. The molecule has 23 nitrogen and oxygen atoms in total. The molecule has 1 saturated heterocycles. The molecule has 4 aliphatic carbocycles. The van der Waals surface area contributed by atoms with Gasteiger partial charge in [0, 0.05) is 41.7 Å². The van der Waals surface area contributed by atoms with Gasteiger partial charge in [0.2, 0.25) is 0 Å². The summed E-state index contributed by atoms with van der Waals surface area (Å²) >= 11 is 0. The summed E-state index contributed by atoms with van der Waals surface area (Å²) in [6.07, 6.45) is -1.90. The number of nitrogens with one attached hydrogen (secondary N) is 1. The van der Waals surface area contributed by atoms with Gasteiger partial charge in [0.05, 0.1) is 171 Å². The first kappa shape index (κ1) is 74.6. The maximum absolute atomic E-state index is 17.8. The predicted octanol–water partition coefficient (Wildman–Crippen LogP) is 6.35. The van der Waals surface area contributed by atoms with Crippen LogP contribution >= 0.6 is 0 Å². The van der Waals surface area contributed by atoms with Gasteiger partial charge in [-0.2, -0.15) is 0 Å². The van der Waals surface area contributed by atoms with E-state index in [1.807, 2.05) is 32.9 Å². The van der Waals surface area contributed by atoms with Gasteiger partial charge in [-0.25, -0.2) is 13.6 Å². The minimum Gasteiger partial charge on any atom is -0.457 e. The van der Waals surface area contributed by atoms with Gasteiger partial charge in [0.1, 0.15) is 35.7 Å². The molecule has 2 aromatic carbocycles. The number of halogens is 2. The topological polar surface area (TPSA) is 268 Å². The third kappa shape index (κ3) is 20.9. The van der Waals surface area contributed by atoms with E-state index < -0.39 is 88.5 Å². The average molecular weight is 1310 g/mol. The summed E-state index contributed by atoms with van der Waals surface area (Å²) in [6, 6.07) is 14.1. The molecule has 0 spiro atoms. The standard InChI is InChI=1S/C67H97F2NO22/c1-63(2,3)92-62(76)70-17-19-78-21-23-80-25-27-82-29-31-84-33-35-86-37-39-88-41-40-87-38-36-85-34-32-83-30-28-81-26-24-79-22-20-77-18-15-51(73)42-48-6-10-52(11-7-48)89-53-12-8-49(9-13-53)61-90-60-45-54-55-44-57(68)56-43-50(72)14-16-64(56,4)66(55,69)58(74)46-65(54,5)67(60,91-61)59(75)47-71/h6-14,16,43,54-55,57-58,60-61,71,74H,15,17-42,44-47H2,1-5H3,(H,70,76)/t54-,55-,57-,58-,60+,61?,64-,65-,66-,67+/m0/s1. The number of alkyl halides is 2. The number of rotatable bonds is 46. The van der Waals surface area contributed by atoms with E-state index in [2.05, 4.69) is 5.32 Å². The number of carbonyl (C=O) groups excluding carboxylic acids is 4. The molecule has 0 aromatic heterocycles. The fraction of sp³-hybridized carbons (Fsp3) is 0.701. The van der Waals surface area contributed by atoms with Gasteiger partial charge in [-0.15, -0.1) is 0 Å². The molecule has 3 saturated carbocycles. The Balaban J connectivity index is 0.615. The van der Waals surface area contributed by atoms with Gasteiger partial charge in [0.15, 0.2) is 29.1 Å². The highest BCUT2D eigenvalue weighted by molar-refractivity contribution is 6.01. The summed E-state index contributed by atoms with van der Waals surface area (Å²) in [7, 11) is 0. The molecule has 25 heteroatoms. The van der Waals surface area contributed by atoms with Crippen LogP contribution in [-0.4, -0.2) is 241 Å². The van der Waals surface area contributed by atoms with Crippen molar-refractivity contribution in [2.75, 3.05) is 172 Å². The zero-order valence-electron chi connectivity index (χ0n) is 54.1. The molecule has 10 atom stereocenters. The second-order valence-electron chi connectivity index (χ2n) is 24.5. The number of carbonyl (C=O) groups is 4. The van der Waals surface area contributed by atoms with E-state index in [-0.39, 0.29) is 50.1 Å². The molecule has 0 radical (unpaired) electrons. The predicted molar refractivity (Wildman–Crippen MR) is 328 cm³/mol. The van der Waals surface area contributed by atoms with E-state index in [0.29, 0.717) is 176 Å². The first-order chi connectivity index (χ1) is 44.3. The van der Waals surface area contributed by atoms with Crippen molar-refractivity contribution >= 4 is 23.4 Å². The molecule has 0 bridgehead atoms. The lowest BCUT2D eigenvalue weighted by Gasteiger charge is -2.63. The van der Waals surface area contributed by atoms with Crippen LogP contribution in [0.2, 0.25) is 0 Å². The van der Waals surface area contributed by atoms with Gasteiger partial charge < -0.3 is 91.3 Å². The van der Waals surface area contributed by atoms with Crippen LogP contribution < -0.4 is 10.1 Å². The molecule has 7 rings (SSSR count). The molecule has 4 fully saturated rings. The van der Waals surface area contributed by atoms with E-state index in [1.165, 1.54) is 19.1 Å². The molecule has 2 aromatic rings. The number of hydrogen-bond donors (Lipinski definition) is 3. The number of aliphatic hydroxyl groups is 2. The molecule has 92 heavy (non-hydrogen) atoms. The normalized spacial score (nSPS) is 26.4. The third-order valence-corrected chi connectivity index (χ3v) is 17.2. The van der Waals surface area contributed by atoms with Crippen LogP contribution in [0.3, 0.4) is 0 Å². The molecule has 1 heterocycles. The number of Topliss-reactive ketones (excluding diaryl/α,β-unsaturated/α-hetero) is 2. The van der Waals surface area contributed by atoms with Crippen LogP contribution in [0.25, 0.3) is 0 Å². The molecule has 1 amide bonds. The van der Waals surface area contributed by atoms with Gasteiger partial charge in [0.25, 0.3) is 0 Å². The molecule has 1 unspecified atom stereocenters. The second kappa shape index (κ2) is 37.5. The smallest absolute Gasteiger partial charge is 0.407 e. The summed E-state index contributed by atoms with van der Waals surface area (Å²) in [6.45, 7) is 18.4. The number of aliphatic hydroxyl groups excluding tert-OH is 2. The minimum absolute atomic E-state index is 0.00818. The second-order valence-corrected chi connectivity index (χ2v) is 24.5. The number of ketones is 3. The Kier molecular flexibility index (Phi) is 30.4. The highest BCUT2D eigenvalue weighted by Crippen LogP contribution is 2.72. The highest BCUT2D eigenvalue weighted by Gasteiger charge is 2.80. The Bertz CT molecular complexity index is 2630. The number of fused-ring (bicyclic) bond motifs is 7. The van der Waals surface area contributed by atoms with Gasteiger partial charge in [-0.1, -0.05) is 37.3 Å². The van der Waals surface area contributed by atoms with E-state index in [0.717, 1.165) is 11.6 Å². The maximum atomic E-state index is 17.8. The average Bonchev–Trinajstić information content (AvgIpc) is 1.40. The first-order valence-corrected chi connectivity index (χ1v) is 32.1. The van der Waals surface area contributed by atoms with Gasteiger partial charge in [-0.05, 0) is 100 Å². The van der Waals surface area contributed by atoms with Crippen molar-refractivity contribution in [3.63, 3.8) is 0 Å². The van der Waals surface area contributed by atoms with Gasteiger partial charge in [-0.3, -0.25) is 14.4 Å². The molecular formula is C67H97F2NO22. The Hall–Kier alpha value is -4.78. The highest BCUT2D eigenvalue weighted by atomic mass is 19.1. The molecule has 3 N–H and O–H groups in total. The van der Waals surface area contributed by atoms with E-state index >= 15 is 8.78 Å². The van der Waals surface area contributed by atoms with Crippen LogP contribution in [0.1, 0.15) is 77.7 Å². The number of amides is 1. The lowest BCUT2D eigenvalue weighted by atomic mass is 9.44. The molecule has 1 aliphatic heterocycles. The van der Waals surface area contributed by atoms with Crippen molar-refractivity contribution in [3.8, 4) is 11.5 Å². The summed E-state index contributed by atoms with van der Waals surface area (Å²) in [5.74, 6) is -1.74. The van der Waals surface area contributed by atoms with E-state index in [1.54, 1.807) is 43.3 Å². The van der Waals surface area contributed by atoms with Crippen molar-refractivity contribution < 1.29 is 114 Å². The number of benzene rings is 2. The summed E-state index contributed by atoms with van der Waals surface area (Å²) in [5, 5.41) is 24.8. The Labute approximate surface area is 538 Å². The Morgan fingerprint density at radius 2 is 1.08 bits per heavy atom. The number of alkyl carbamates (subject to hydrolysis) is 1. The zero-order chi connectivity index (χ0) is 65.9. The fourth-order valence-corrected chi connectivity index (χ4v) is 12.8. The third-order valence-electron chi connectivity index (χ3n) is 17.2. The number of allylic oxidation sites excluding steroid dienone is 4. The van der Waals surface area contributed by atoms with Gasteiger partial charge >= 0.3 is 6.09 Å². The van der Waals surface area contributed by atoms with Crippen LogP contribution in [0, 0.1) is 22.7 Å². The maximum Gasteiger partial charge on any atom is 0.407 e. The SMILES string of the molecule is CC(C)(C)OC(=O)NCCOCCOCCOCCOCCOCCOCCOCCOCCOCCOCCOCCOCCC(=O)Cc1ccc(Oc2ccc(C3O[C@@H]4C[C@H]5[C@@H]6C[C@H](F)C7=CC(=O)C=C[C@]7(C)[C@@]6(F)[C@@H](O)C[C@]5(C)[C@]4(C(=O)CO)O3)cc2)cc1. The quantitative estimate of drug-likeness (QED) is 0.0610. The molecular weight excluding hydrogens is 1210 g/mol. The molecule has 5 aliphatic rings. The lowest BCUT2D eigenvalue weighted by molar-refractivity contribution is -0.235. The number of hydrogen-bond acceptors (Lipinski definition) is 22. The monoisotopic (exact) mass is 1310 g/mol. The van der Waals surface area contributed by atoms with Crippen molar-refractivity contribution in [1.29, 1.82) is 0 Å². The summed E-state index contributed by atoms with van der Waals surface area (Å²) in [5.41, 5.74) is -6.07.